The third-order valence-electron chi connectivity index (χ3n) is 11.3. The van der Waals surface area contributed by atoms with Gasteiger partial charge in [0.05, 0.1) is 0 Å². The molecule has 10 nitrogen and oxygen atoms in total. The summed E-state index contributed by atoms with van der Waals surface area (Å²) in [7, 11) is 0. The summed E-state index contributed by atoms with van der Waals surface area (Å²) >= 11 is 0. The lowest BCUT2D eigenvalue weighted by atomic mass is 9.40. The highest BCUT2D eigenvalue weighted by Crippen LogP contribution is 2.67. The van der Waals surface area contributed by atoms with Crippen molar-refractivity contribution in [1.82, 2.24) is 0 Å². The number of ketones is 2. The highest BCUT2D eigenvalue weighted by molar-refractivity contribution is 6.08. The second-order valence-electron chi connectivity index (χ2n) is 14.7. The Hall–Kier alpha value is -3.30. The topological polar surface area (TPSA) is 139 Å². The largest absolute Gasteiger partial charge is 0.459 e. The van der Waals surface area contributed by atoms with Crippen molar-refractivity contribution in [3.8, 4) is 0 Å². The second kappa shape index (κ2) is 15.5. The number of hydrogen-bond acceptors (Lipinski definition) is 10. The van der Waals surface area contributed by atoms with Gasteiger partial charge in [-0.3, -0.25) is 24.0 Å². The highest BCUT2D eigenvalue weighted by atomic mass is 16.6. The summed E-state index contributed by atoms with van der Waals surface area (Å²) in [6.07, 6.45) is 7.13. The van der Waals surface area contributed by atoms with Crippen LogP contribution in [0.5, 0.6) is 0 Å². The minimum absolute atomic E-state index is 0.0924. The van der Waals surface area contributed by atoms with Crippen molar-refractivity contribution in [2.75, 3.05) is 0 Å². The number of hydrogen-bond donors (Lipinski definition) is 0. The maximum absolute atomic E-state index is 14.8. The molecule has 0 aromatic carbocycles. The van der Waals surface area contributed by atoms with Crippen LogP contribution in [0.25, 0.3) is 0 Å². The van der Waals surface area contributed by atoms with Crippen LogP contribution in [0.3, 0.4) is 0 Å². The molecule has 1 aliphatic heterocycles. The van der Waals surface area contributed by atoms with Crippen molar-refractivity contribution in [1.29, 1.82) is 0 Å². The number of Topliss-reactive ketones (excluding diaryl/α,β-unsaturated/α-hetero) is 2. The molecule has 0 radical (unpaired) electrons. The van der Waals surface area contributed by atoms with E-state index in [0.717, 1.165) is 38.5 Å². The van der Waals surface area contributed by atoms with Crippen molar-refractivity contribution in [2.45, 2.75) is 144 Å². The van der Waals surface area contributed by atoms with Crippen LogP contribution in [0.1, 0.15) is 132 Å². The maximum Gasteiger partial charge on any atom is 0.348 e. The summed E-state index contributed by atoms with van der Waals surface area (Å²) in [5.74, 6) is -6.49. The molecule has 10 heteroatoms. The van der Waals surface area contributed by atoms with Gasteiger partial charge in [-0.2, -0.15) is 0 Å². The molecule has 4 rings (SSSR count). The van der Waals surface area contributed by atoms with Crippen molar-refractivity contribution in [3.05, 3.63) is 23.2 Å². The Morgan fingerprint density at radius 2 is 1.38 bits per heavy atom. The van der Waals surface area contributed by atoms with Gasteiger partial charge in [0.25, 0.3) is 0 Å². The molecule has 0 aromatic rings. The molecule has 0 bridgehead atoms. The smallest absolute Gasteiger partial charge is 0.348 e. The minimum atomic E-state index is -1.41. The molecule has 1 saturated carbocycles. The number of unbranched alkanes of at least 4 members (excludes halogenated alkanes) is 6. The van der Waals surface area contributed by atoms with Crippen LogP contribution < -0.4 is 0 Å². The molecule has 0 aromatic heterocycles. The Morgan fingerprint density at radius 1 is 0.833 bits per heavy atom. The van der Waals surface area contributed by atoms with Crippen LogP contribution >= 0.6 is 0 Å². The van der Waals surface area contributed by atoms with Crippen LogP contribution in [0.2, 0.25) is 0 Å². The number of carbonyl (C=O) groups excluding carboxylic acids is 6. The lowest BCUT2D eigenvalue weighted by Gasteiger charge is -2.64. The van der Waals surface area contributed by atoms with Crippen LogP contribution in [0.4, 0.5) is 0 Å². The van der Waals surface area contributed by atoms with Crippen LogP contribution in [-0.4, -0.2) is 47.7 Å². The van der Waals surface area contributed by atoms with E-state index in [1.54, 1.807) is 19.9 Å². The first-order valence-electron chi connectivity index (χ1n) is 18.1. The van der Waals surface area contributed by atoms with Gasteiger partial charge in [-0.15, -0.1) is 0 Å². The van der Waals surface area contributed by atoms with Crippen molar-refractivity contribution >= 4 is 35.4 Å². The standard InChI is InChI=1S/C38H54O10/c1-8-11-14-17-27(39)45-25-20-22(4)24-21-26-38(7)30(33(36(44)46-26)48-29(41)19-16-13-10-3)23(5)32(47-28(40)18-15-12-9-2)31(42)34(38)37(24,6)35(25)43/h20,22,24,26,30,33-34H,8-19,21H2,1-7H3/t22-,24+,26-,30-,33-,34-,37+,38+/m1/s1. The predicted molar refractivity (Wildman–Crippen MR) is 176 cm³/mol. The summed E-state index contributed by atoms with van der Waals surface area (Å²) in [4.78, 5) is 82.1. The minimum Gasteiger partial charge on any atom is -0.459 e. The molecule has 1 heterocycles. The van der Waals surface area contributed by atoms with Gasteiger partial charge in [-0.25, -0.2) is 4.79 Å². The Morgan fingerprint density at radius 3 is 1.94 bits per heavy atom. The van der Waals surface area contributed by atoms with Gasteiger partial charge in [-0.05, 0) is 56.1 Å². The summed E-state index contributed by atoms with van der Waals surface area (Å²) < 4.78 is 23.4. The monoisotopic (exact) mass is 670 g/mol. The van der Waals surface area contributed by atoms with E-state index in [2.05, 4.69) is 0 Å². The van der Waals surface area contributed by atoms with Gasteiger partial charge < -0.3 is 18.9 Å². The number of esters is 4. The van der Waals surface area contributed by atoms with Crippen LogP contribution in [-0.2, 0) is 47.7 Å². The van der Waals surface area contributed by atoms with Crippen molar-refractivity contribution in [3.63, 3.8) is 0 Å². The summed E-state index contributed by atoms with van der Waals surface area (Å²) in [5, 5.41) is 0. The molecule has 1 saturated heterocycles. The maximum atomic E-state index is 14.8. The molecule has 0 amide bonds. The third kappa shape index (κ3) is 6.90. The SMILES string of the molecule is CCCCCC(=O)OC1=C[C@@H](C)[C@@H]2C[C@H]3OC(=O)[C@H](OC(=O)CCCCC)[C@H]4C(C)=C(OC(=O)CCCCC)C(=O)[C@H]([C@@]2(C)C1=O)[C@]43C. The highest BCUT2D eigenvalue weighted by Gasteiger charge is 2.74. The zero-order chi connectivity index (χ0) is 35.4. The van der Waals surface area contributed by atoms with Gasteiger partial charge in [0, 0.05) is 41.9 Å². The van der Waals surface area contributed by atoms with Gasteiger partial charge >= 0.3 is 23.9 Å². The lowest BCUT2D eigenvalue weighted by Crippen LogP contribution is -2.72. The van der Waals surface area contributed by atoms with E-state index in [4.69, 9.17) is 18.9 Å². The zero-order valence-electron chi connectivity index (χ0n) is 29.8. The van der Waals surface area contributed by atoms with Gasteiger partial charge in [-0.1, -0.05) is 80.1 Å². The first-order valence-corrected chi connectivity index (χ1v) is 18.1. The number of rotatable bonds is 15. The number of fused-ring (bicyclic) bond motifs is 2. The Labute approximate surface area is 284 Å². The Balaban J connectivity index is 1.81. The average molecular weight is 671 g/mol. The fourth-order valence-corrected chi connectivity index (χ4v) is 8.90. The quantitative estimate of drug-likeness (QED) is 0.103. The van der Waals surface area contributed by atoms with Crippen molar-refractivity contribution < 1.29 is 47.7 Å². The fourth-order valence-electron chi connectivity index (χ4n) is 8.90. The molecule has 266 valence electrons. The Bertz CT molecular complexity index is 1360. The summed E-state index contributed by atoms with van der Waals surface area (Å²) in [6, 6.07) is 0. The molecule has 8 atom stereocenters. The van der Waals surface area contributed by atoms with Gasteiger partial charge in [0.15, 0.2) is 11.5 Å². The van der Waals surface area contributed by atoms with Crippen molar-refractivity contribution in [2.24, 2.45) is 34.5 Å². The Kier molecular flexibility index (Phi) is 12.1. The summed E-state index contributed by atoms with van der Waals surface area (Å²) in [6.45, 7) is 13.1. The van der Waals surface area contributed by atoms with E-state index in [1.807, 2.05) is 34.6 Å². The molecule has 48 heavy (non-hydrogen) atoms. The molecule has 0 N–H and O–H groups in total. The summed E-state index contributed by atoms with van der Waals surface area (Å²) in [5.41, 5.74) is -2.28. The lowest BCUT2D eigenvalue weighted by molar-refractivity contribution is -0.238. The number of ether oxygens (including phenoxy) is 4. The van der Waals surface area contributed by atoms with E-state index in [-0.39, 0.29) is 43.1 Å². The molecule has 0 spiro atoms. The van der Waals surface area contributed by atoms with E-state index in [9.17, 15) is 28.8 Å². The predicted octanol–water partition coefficient (Wildman–Crippen LogP) is 6.88. The van der Waals surface area contributed by atoms with E-state index >= 15 is 0 Å². The van der Waals surface area contributed by atoms with Gasteiger partial charge in [0.1, 0.15) is 6.10 Å². The number of carbonyl (C=O) groups is 6. The van der Waals surface area contributed by atoms with E-state index in [0.29, 0.717) is 24.8 Å². The van der Waals surface area contributed by atoms with Crippen LogP contribution in [0, 0.1) is 34.5 Å². The van der Waals surface area contributed by atoms with E-state index < -0.39 is 76.2 Å². The van der Waals surface area contributed by atoms with E-state index in [1.165, 1.54) is 0 Å². The first kappa shape index (κ1) is 37.5. The first-order chi connectivity index (χ1) is 22.8. The molecule has 0 unspecified atom stereocenters. The third-order valence-corrected chi connectivity index (χ3v) is 11.3. The average Bonchev–Trinajstić information content (AvgIpc) is 3.02. The normalized spacial score (nSPS) is 32.5. The second-order valence-corrected chi connectivity index (χ2v) is 14.7. The zero-order valence-corrected chi connectivity index (χ0v) is 29.8. The molecule has 3 aliphatic carbocycles. The number of allylic oxidation sites excluding steroid dienone is 3. The van der Waals surface area contributed by atoms with Crippen LogP contribution in [0.15, 0.2) is 23.2 Å². The molecular formula is C38H54O10. The molecular weight excluding hydrogens is 616 g/mol. The molecule has 4 aliphatic rings. The van der Waals surface area contributed by atoms with Gasteiger partial charge in [0.2, 0.25) is 17.7 Å². The fraction of sp³-hybridized carbons (Fsp3) is 0.737. The molecule has 2 fully saturated rings.